The smallest absolute Gasteiger partial charge is 0.164 e. The quantitative estimate of drug-likeness (QED) is 0.175. The van der Waals surface area contributed by atoms with Crippen LogP contribution < -0.4 is 0 Å². The molecule has 5 nitrogen and oxygen atoms in total. The van der Waals surface area contributed by atoms with Crippen LogP contribution in [0.15, 0.2) is 186 Å². The Kier molecular flexibility index (Phi) is 3.14. The first kappa shape index (κ1) is 14.3. The zero-order valence-electron chi connectivity index (χ0n) is 58.1. The van der Waals surface area contributed by atoms with Gasteiger partial charge in [0.15, 0.2) is 17.5 Å². The molecule has 0 atom stereocenters. The summed E-state index contributed by atoms with van der Waals surface area (Å²) in [7, 11) is 0. The highest BCUT2D eigenvalue weighted by molar-refractivity contribution is 7.25. The van der Waals surface area contributed by atoms with Gasteiger partial charge in [-0.2, -0.15) is 0 Å². The molecular formula is C51H30N4OS. The summed E-state index contributed by atoms with van der Waals surface area (Å²) in [6, 6.07) is -25.7. The van der Waals surface area contributed by atoms with Crippen molar-refractivity contribution in [3.63, 3.8) is 0 Å². The van der Waals surface area contributed by atoms with Crippen LogP contribution in [0.5, 0.6) is 0 Å². The minimum Gasteiger partial charge on any atom is -0.455 e. The SMILES string of the molecule is [2H]c1c([2H])c([2H])c(-c2c([2H])c([2H])c([2H])c(-c3nc(-c4c([2H])c([2H])c(-n5c6c([2H])c([2H])c([2H])c([2H])c6c6c7oc8c([2H])c([2H])c([2H])c([2H])c8c7c([2H])c([2H])c65)c([2H])c4[2H])nc(-c4c([2H])c([2H])c5c(sc6c([2H])c([2H])c([2H])c([2H])c65)c4[2H])n3)c2[2H])c([2H])c1[2H]. The van der Waals surface area contributed by atoms with Gasteiger partial charge < -0.3 is 8.98 Å². The molecule has 0 bridgehead atoms. The monoisotopic (exact) mass is 776 g/mol. The first-order valence-electron chi connectivity index (χ1n) is 31.6. The Balaban J connectivity index is 1.21. The summed E-state index contributed by atoms with van der Waals surface area (Å²) in [5.74, 6) is -2.71. The van der Waals surface area contributed by atoms with Gasteiger partial charge in [0, 0.05) is 58.7 Å². The summed E-state index contributed by atoms with van der Waals surface area (Å²) in [5.41, 5.74) is -6.99. The first-order valence-corrected chi connectivity index (χ1v) is 17.4. The lowest BCUT2D eigenvalue weighted by Crippen LogP contribution is -2.01. The van der Waals surface area contributed by atoms with E-state index in [9.17, 15) is 15.1 Å². The molecule has 12 rings (SSSR count). The average molecular weight is 777 g/mol. The van der Waals surface area contributed by atoms with E-state index in [2.05, 4.69) is 15.0 Å². The Morgan fingerprint density at radius 2 is 1.04 bits per heavy atom. The maximum Gasteiger partial charge on any atom is 0.164 e. The highest BCUT2D eigenvalue weighted by atomic mass is 32.1. The molecule has 12 aromatic rings. The Hall–Kier alpha value is -7.41. The number of furan rings is 1. The van der Waals surface area contributed by atoms with Crippen LogP contribution in [0.1, 0.15) is 41.1 Å². The predicted octanol–water partition coefficient (Wildman–Crippen LogP) is 13.9. The molecule has 4 heterocycles. The Morgan fingerprint density at radius 3 is 1.88 bits per heavy atom. The molecule has 0 fully saturated rings. The molecule has 0 N–H and O–H groups in total. The number of thiophene rings is 1. The molecule has 0 aliphatic carbocycles. The number of benzene rings is 8. The largest absolute Gasteiger partial charge is 0.455 e. The molecule has 6 heteroatoms. The zero-order valence-corrected chi connectivity index (χ0v) is 28.9. The number of aromatic nitrogens is 4. The van der Waals surface area contributed by atoms with E-state index in [-0.39, 0.29) is 30.9 Å². The Labute approximate surface area is 372 Å². The lowest BCUT2D eigenvalue weighted by atomic mass is 10.0. The van der Waals surface area contributed by atoms with Gasteiger partial charge in [0.1, 0.15) is 11.2 Å². The van der Waals surface area contributed by atoms with Crippen molar-refractivity contribution in [2.75, 3.05) is 0 Å². The third-order valence-corrected chi connectivity index (χ3v) is 9.89. The van der Waals surface area contributed by atoms with Crippen molar-refractivity contribution in [2.45, 2.75) is 0 Å². The van der Waals surface area contributed by atoms with Crippen LogP contribution >= 0.6 is 11.3 Å². The van der Waals surface area contributed by atoms with Crippen molar-refractivity contribution < 1.29 is 45.5 Å². The van der Waals surface area contributed by atoms with Crippen LogP contribution in [0.25, 0.3) is 115 Å². The highest BCUT2D eigenvalue weighted by Gasteiger charge is 2.19. The van der Waals surface area contributed by atoms with E-state index in [4.69, 9.17) is 30.5 Å². The molecule has 57 heavy (non-hydrogen) atoms. The number of fused-ring (bicyclic) bond motifs is 10. The number of rotatable bonds is 5. The summed E-state index contributed by atoms with van der Waals surface area (Å²) in [5, 5.41) is -2.06. The number of para-hydroxylation sites is 2. The fourth-order valence-electron chi connectivity index (χ4n) is 6.40. The topological polar surface area (TPSA) is 56.7 Å². The molecule has 0 spiro atoms. The second-order valence-electron chi connectivity index (χ2n) is 12.1. The van der Waals surface area contributed by atoms with Gasteiger partial charge in [-0.05, 0) is 77.6 Å². The molecule has 0 aliphatic rings. The van der Waals surface area contributed by atoms with Gasteiger partial charge in [0.25, 0.3) is 0 Å². The molecule has 8 aromatic carbocycles. The third-order valence-electron chi connectivity index (χ3n) is 8.87. The van der Waals surface area contributed by atoms with Crippen LogP contribution in [0.3, 0.4) is 0 Å². The molecule has 0 radical (unpaired) electrons. The van der Waals surface area contributed by atoms with E-state index in [1.807, 2.05) is 0 Å². The summed E-state index contributed by atoms with van der Waals surface area (Å²) >= 11 is 0.638. The van der Waals surface area contributed by atoms with Gasteiger partial charge in [0.05, 0.1) is 57.5 Å². The summed E-state index contributed by atoms with van der Waals surface area (Å²) in [6.07, 6.45) is 0. The Morgan fingerprint density at radius 1 is 0.421 bits per heavy atom. The standard InChI is InChI=1S/C51H30N4OS/c1-2-11-31(12-3-1)33-13-10-14-34(29-33)50-52-49(53-51(54-50)35-23-26-39-38-16-6-9-20-45(38)57-46(39)30-35)32-21-24-36(25-22-32)55-42-18-7-4-17-41(42)47-43(55)28-27-40-37-15-5-8-19-44(37)56-48(40)47/h1-30H/i1D,2D,3D,4D,5D,6D,7D,8D,9D,10D,11D,12D,13D,14D,15D,16D,17D,18D,19D,20D,21D,22D,23D,24D,25D,26D,27D,28D,29D,30D. The van der Waals surface area contributed by atoms with Crippen molar-refractivity contribution in [3.05, 3.63) is 181 Å². The summed E-state index contributed by atoms with van der Waals surface area (Å²) in [4.78, 5) is 13.2. The molecular weight excluding hydrogens is 717 g/mol. The Bertz CT molecular complexity index is 5250. The van der Waals surface area contributed by atoms with Crippen molar-refractivity contribution in [1.29, 1.82) is 0 Å². The molecule has 0 saturated heterocycles. The second-order valence-corrected chi connectivity index (χ2v) is 13.1. The number of hydrogen-bond acceptors (Lipinski definition) is 5. The van der Waals surface area contributed by atoms with Gasteiger partial charge in [-0.15, -0.1) is 11.3 Å². The average Bonchev–Trinajstić information content (AvgIpc) is 1.57. The van der Waals surface area contributed by atoms with Gasteiger partial charge in [-0.3, -0.25) is 0 Å². The van der Waals surface area contributed by atoms with Crippen LogP contribution in [-0.4, -0.2) is 19.5 Å². The summed E-state index contributed by atoms with van der Waals surface area (Å²) < 4.78 is 275. The van der Waals surface area contributed by atoms with E-state index in [1.165, 1.54) is 0 Å². The molecule has 0 saturated carbocycles. The van der Waals surface area contributed by atoms with Gasteiger partial charge in [-0.1, -0.05) is 115 Å². The van der Waals surface area contributed by atoms with E-state index in [0.717, 1.165) is 4.57 Å². The van der Waals surface area contributed by atoms with Crippen molar-refractivity contribution in [1.82, 2.24) is 19.5 Å². The van der Waals surface area contributed by atoms with Crippen LogP contribution in [0, 0.1) is 0 Å². The van der Waals surface area contributed by atoms with E-state index in [1.54, 1.807) is 0 Å². The van der Waals surface area contributed by atoms with Crippen LogP contribution in [0.4, 0.5) is 0 Å². The zero-order chi connectivity index (χ0) is 63.6. The fraction of sp³-hybridized carbons (Fsp3) is 0. The molecule has 0 unspecified atom stereocenters. The van der Waals surface area contributed by atoms with Gasteiger partial charge in [0.2, 0.25) is 0 Å². The minimum absolute atomic E-state index is 0.113. The molecule has 266 valence electrons. The normalized spacial score (nSPS) is 19.2. The lowest BCUT2D eigenvalue weighted by molar-refractivity contribution is 0.673. The van der Waals surface area contributed by atoms with Crippen molar-refractivity contribution in [3.8, 4) is 51.0 Å². The van der Waals surface area contributed by atoms with Gasteiger partial charge in [-0.25, -0.2) is 15.0 Å². The predicted molar refractivity (Wildman–Crippen MR) is 236 cm³/mol. The van der Waals surface area contributed by atoms with E-state index >= 15 is 0 Å². The van der Waals surface area contributed by atoms with Crippen LogP contribution in [-0.2, 0) is 0 Å². The molecule has 0 amide bonds. The molecule has 4 aromatic heterocycles. The highest BCUT2D eigenvalue weighted by Crippen LogP contribution is 2.41. The maximum absolute atomic E-state index is 9.70. The molecule has 0 aliphatic heterocycles. The van der Waals surface area contributed by atoms with E-state index in [0.29, 0.717) is 11.3 Å². The van der Waals surface area contributed by atoms with Crippen molar-refractivity contribution >= 4 is 75.3 Å². The number of nitrogens with zero attached hydrogens (tertiary/aromatic N) is 4. The van der Waals surface area contributed by atoms with Gasteiger partial charge >= 0.3 is 0 Å². The number of hydrogen-bond donors (Lipinski definition) is 0. The van der Waals surface area contributed by atoms with Crippen molar-refractivity contribution in [2.24, 2.45) is 0 Å². The fourth-order valence-corrected chi connectivity index (χ4v) is 7.37. The maximum atomic E-state index is 9.70. The van der Waals surface area contributed by atoms with E-state index < -0.39 is 265 Å². The summed E-state index contributed by atoms with van der Waals surface area (Å²) in [6.45, 7) is 0. The second kappa shape index (κ2) is 12.6. The first-order chi connectivity index (χ1) is 40.7. The third kappa shape index (κ3) is 5.12. The minimum atomic E-state index is -1.10. The van der Waals surface area contributed by atoms with Crippen LogP contribution in [0.2, 0.25) is 0 Å². The lowest BCUT2D eigenvalue weighted by Gasteiger charge is -2.11.